The highest BCUT2D eigenvalue weighted by atomic mass is 35.5. The second-order valence-electron chi connectivity index (χ2n) is 2.21. The summed E-state index contributed by atoms with van der Waals surface area (Å²) in [6.45, 7) is 0. The van der Waals surface area contributed by atoms with Gasteiger partial charge in [-0.15, -0.1) is 16.4 Å². The molecule has 0 radical (unpaired) electrons. The Kier molecular flexibility index (Phi) is 2.06. The largest absolute Gasteiger partial charge is 0.159 e. The van der Waals surface area contributed by atoms with E-state index in [1.165, 1.54) is 0 Å². The van der Waals surface area contributed by atoms with Gasteiger partial charge in [0.15, 0.2) is 0 Å². The second-order valence-corrected chi connectivity index (χ2v) is 3.53. The molecule has 0 aliphatic rings. The summed E-state index contributed by atoms with van der Waals surface area (Å²) >= 11 is 7.49. The molecule has 0 bridgehead atoms. The lowest BCUT2D eigenvalue weighted by atomic mass is 10.3. The van der Waals surface area contributed by atoms with Crippen LogP contribution >= 0.6 is 22.9 Å². The highest BCUT2D eigenvalue weighted by Crippen LogP contribution is 2.30. The molecule has 2 rings (SSSR count). The van der Waals surface area contributed by atoms with Crippen molar-refractivity contribution in [2.24, 2.45) is 0 Å². The second kappa shape index (κ2) is 3.21. The number of nitrogens with zero attached hydrogens (tertiary/aromatic N) is 2. The molecule has 0 saturated heterocycles. The molecule has 0 aliphatic carbocycles. The maximum atomic E-state index is 5.92. The molecule has 0 atom stereocenters. The van der Waals surface area contributed by atoms with Crippen LogP contribution in [0.4, 0.5) is 0 Å². The van der Waals surface area contributed by atoms with Gasteiger partial charge in [0.2, 0.25) is 0 Å². The molecule has 12 heavy (non-hydrogen) atoms. The summed E-state index contributed by atoms with van der Waals surface area (Å²) in [7, 11) is 0. The molecule has 0 saturated carbocycles. The van der Waals surface area contributed by atoms with Crippen LogP contribution in [0, 0.1) is 0 Å². The predicted molar refractivity (Wildman–Crippen MR) is 50.4 cm³/mol. The van der Waals surface area contributed by atoms with Crippen molar-refractivity contribution >= 4 is 22.9 Å². The van der Waals surface area contributed by atoms with Crippen LogP contribution in [0.25, 0.3) is 10.6 Å². The minimum atomic E-state index is 0.737. The van der Waals surface area contributed by atoms with E-state index >= 15 is 0 Å². The molecule has 0 fully saturated rings. The van der Waals surface area contributed by atoms with Gasteiger partial charge in [-0.1, -0.05) is 11.6 Å². The Morgan fingerprint density at radius 2 is 2.25 bits per heavy atom. The molecule has 0 N–H and O–H groups in total. The van der Waals surface area contributed by atoms with Gasteiger partial charge in [-0.3, -0.25) is 0 Å². The molecule has 2 nitrogen and oxygen atoms in total. The standard InChI is InChI=1S/C8H5ClN2S/c9-6-3-5-12-8(6)7-2-1-4-10-11-7/h1-5H. The molecular formula is C8H5ClN2S. The first kappa shape index (κ1) is 7.71. The SMILES string of the molecule is Clc1ccsc1-c1cccnn1. The quantitative estimate of drug-likeness (QED) is 0.701. The third kappa shape index (κ3) is 1.33. The molecule has 2 heterocycles. The van der Waals surface area contributed by atoms with Crippen LogP contribution in [-0.2, 0) is 0 Å². The maximum Gasteiger partial charge on any atom is 0.104 e. The third-order valence-electron chi connectivity index (χ3n) is 1.42. The molecule has 0 spiro atoms. The van der Waals surface area contributed by atoms with Gasteiger partial charge in [-0.05, 0) is 23.6 Å². The Hall–Kier alpha value is -0.930. The van der Waals surface area contributed by atoms with Gasteiger partial charge in [0.05, 0.1) is 9.90 Å². The zero-order chi connectivity index (χ0) is 8.39. The van der Waals surface area contributed by atoms with E-state index in [9.17, 15) is 0 Å². The fourth-order valence-corrected chi connectivity index (χ4v) is 2.02. The van der Waals surface area contributed by atoms with Gasteiger partial charge in [-0.2, -0.15) is 5.10 Å². The number of hydrogen-bond acceptors (Lipinski definition) is 3. The number of hydrogen-bond donors (Lipinski definition) is 0. The Morgan fingerprint density at radius 1 is 1.33 bits per heavy atom. The monoisotopic (exact) mass is 196 g/mol. The van der Waals surface area contributed by atoms with Crippen LogP contribution in [0.2, 0.25) is 5.02 Å². The van der Waals surface area contributed by atoms with Crippen LogP contribution in [0.15, 0.2) is 29.8 Å². The van der Waals surface area contributed by atoms with E-state index in [4.69, 9.17) is 11.6 Å². The van der Waals surface area contributed by atoms with Crippen molar-refractivity contribution in [3.05, 3.63) is 34.8 Å². The summed E-state index contributed by atoms with van der Waals surface area (Å²) in [6.07, 6.45) is 1.64. The van der Waals surface area contributed by atoms with Gasteiger partial charge >= 0.3 is 0 Å². The smallest absolute Gasteiger partial charge is 0.104 e. The summed E-state index contributed by atoms with van der Waals surface area (Å²) < 4.78 is 0. The molecule has 0 unspecified atom stereocenters. The Balaban J connectivity index is 2.51. The highest BCUT2D eigenvalue weighted by Gasteiger charge is 2.04. The minimum Gasteiger partial charge on any atom is -0.159 e. The first-order chi connectivity index (χ1) is 5.88. The molecule has 0 aliphatic heterocycles. The third-order valence-corrected chi connectivity index (χ3v) is 2.79. The Bertz CT molecular complexity index is 372. The number of rotatable bonds is 1. The topological polar surface area (TPSA) is 25.8 Å². The number of thiophene rings is 1. The first-order valence-electron chi connectivity index (χ1n) is 3.39. The number of halogens is 1. The van der Waals surface area contributed by atoms with Crippen molar-refractivity contribution in [2.45, 2.75) is 0 Å². The molecule has 0 aromatic carbocycles. The van der Waals surface area contributed by atoms with Gasteiger partial charge in [0.1, 0.15) is 5.69 Å². The van der Waals surface area contributed by atoms with Gasteiger partial charge in [0, 0.05) is 6.20 Å². The van der Waals surface area contributed by atoms with E-state index in [-0.39, 0.29) is 0 Å². The van der Waals surface area contributed by atoms with Gasteiger partial charge < -0.3 is 0 Å². The summed E-state index contributed by atoms with van der Waals surface area (Å²) in [4.78, 5) is 0.977. The minimum absolute atomic E-state index is 0.737. The van der Waals surface area contributed by atoms with E-state index in [1.54, 1.807) is 17.5 Å². The Labute approximate surface area is 78.8 Å². The predicted octanol–water partition coefficient (Wildman–Crippen LogP) is 2.86. The molecule has 2 aromatic rings. The normalized spacial score (nSPS) is 10.1. The maximum absolute atomic E-state index is 5.92. The summed E-state index contributed by atoms with van der Waals surface area (Å²) in [6, 6.07) is 5.60. The van der Waals surface area contributed by atoms with Crippen molar-refractivity contribution in [3.8, 4) is 10.6 Å². The lowest BCUT2D eigenvalue weighted by molar-refractivity contribution is 1.04. The van der Waals surface area contributed by atoms with E-state index in [2.05, 4.69) is 10.2 Å². The average Bonchev–Trinajstić information content (AvgIpc) is 2.53. The van der Waals surface area contributed by atoms with Crippen LogP contribution < -0.4 is 0 Å². The molecule has 60 valence electrons. The van der Waals surface area contributed by atoms with E-state index in [1.807, 2.05) is 23.6 Å². The highest BCUT2D eigenvalue weighted by molar-refractivity contribution is 7.14. The molecule has 2 aromatic heterocycles. The lowest BCUT2D eigenvalue weighted by Crippen LogP contribution is -1.82. The zero-order valence-corrected chi connectivity index (χ0v) is 7.64. The van der Waals surface area contributed by atoms with Crippen molar-refractivity contribution in [1.29, 1.82) is 0 Å². The Morgan fingerprint density at radius 3 is 2.83 bits per heavy atom. The molecule has 4 heteroatoms. The fraction of sp³-hybridized carbons (Fsp3) is 0. The van der Waals surface area contributed by atoms with E-state index in [0.717, 1.165) is 15.6 Å². The first-order valence-corrected chi connectivity index (χ1v) is 4.65. The fourth-order valence-electron chi connectivity index (χ4n) is 0.899. The zero-order valence-electron chi connectivity index (χ0n) is 6.07. The lowest BCUT2D eigenvalue weighted by Gasteiger charge is -1.93. The van der Waals surface area contributed by atoms with Crippen LogP contribution in [0.5, 0.6) is 0 Å². The number of aromatic nitrogens is 2. The van der Waals surface area contributed by atoms with E-state index in [0.29, 0.717) is 0 Å². The van der Waals surface area contributed by atoms with Crippen molar-refractivity contribution in [1.82, 2.24) is 10.2 Å². The summed E-state index contributed by atoms with van der Waals surface area (Å²) in [5.41, 5.74) is 0.831. The van der Waals surface area contributed by atoms with Crippen molar-refractivity contribution in [3.63, 3.8) is 0 Å². The van der Waals surface area contributed by atoms with Gasteiger partial charge in [0.25, 0.3) is 0 Å². The van der Waals surface area contributed by atoms with E-state index < -0.39 is 0 Å². The van der Waals surface area contributed by atoms with Crippen molar-refractivity contribution in [2.75, 3.05) is 0 Å². The van der Waals surface area contributed by atoms with Crippen LogP contribution in [0.1, 0.15) is 0 Å². The van der Waals surface area contributed by atoms with Crippen LogP contribution in [-0.4, -0.2) is 10.2 Å². The molecular weight excluding hydrogens is 192 g/mol. The molecule has 0 amide bonds. The summed E-state index contributed by atoms with van der Waals surface area (Å²) in [5, 5.41) is 10.4. The average molecular weight is 197 g/mol. The summed E-state index contributed by atoms with van der Waals surface area (Å²) in [5.74, 6) is 0. The van der Waals surface area contributed by atoms with Crippen molar-refractivity contribution < 1.29 is 0 Å². The van der Waals surface area contributed by atoms with Crippen LogP contribution in [0.3, 0.4) is 0 Å². The van der Waals surface area contributed by atoms with Gasteiger partial charge in [-0.25, -0.2) is 0 Å².